The molecule has 8 nitrogen and oxygen atoms in total. The predicted octanol–water partition coefficient (Wildman–Crippen LogP) is 3.89. The molecular formula is C28H32FN3O5S. The molecule has 3 rings (SSSR count). The van der Waals surface area contributed by atoms with Crippen molar-refractivity contribution in [1.82, 2.24) is 10.2 Å². The number of hydrogen-bond acceptors (Lipinski definition) is 5. The summed E-state index contributed by atoms with van der Waals surface area (Å²) < 4.78 is 47.7. The minimum Gasteiger partial charge on any atom is -0.495 e. The number of nitrogens with one attached hydrogen (secondary N) is 1. The molecule has 0 aliphatic rings. The highest BCUT2D eigenvalue weighted by Crippen LogP contribution is 2.33. The van der Waals surface area contributed by atoms with Gasteiger partial charge in [-0.3, -0.25) is 13.9 Å². The Morgan fingerprint density at radius 3 is 2.26 bits per heavy atom. The molecule has 0 spiro atoms. The fourth-order valence-corrected chi connectivity index (χ4v) is 5.54. The van der Waals surface area contributed by atoms with Gasteiger partial charge in [-0.05, 0) is 60.9 Å². The van der Waals surface area contributed by atoms with Gasteiger partial charge in [0.25, 0.3) is 10.0 Å². The third kappa shape index (κ3) is 6.49. The Morgan fingerprint density at radius 2 is 1.68 bits per heavy atom. The number of hydrogen-bond donors (Lipinski definition) is 1. The molecule has 2 amide bonds. The number of nitrogens with zero attached hydrogens (tertiary/aromatic N) is 2. The van der Waals surface area contributed by atoms with E-state index < -0.39 is 40.2 Å². The lowest BCUT2D eigenvalue weighted by Gasteiger charge is -2.33. The highest BCUT2D eigenvalue weighted by molar-refractivity contribution is 7.92. The van der Waals surface area contributed by atoms with Gasteiger partial charge >= 0.3 is 0 Å². The van der Waals surface area contributed by atoms with Crippen LogP contribution in [0.3, 0.4) is 0 Å². The number of ether oxygens (including phenoxy) is 1. The van der Waals surface area contributed by atoms with Crippen LogP contribution in [0.5, 0.6) is 5.75 Å². The van der Waals surface area contributed by atoms with Crippen LogP contribution in [0.1, 0.15) is 24.5 Å². The number of carbonyl (C=O) groups excluding carboxylic acids is 2. The Bertz CT molecular complexity index is 1360. The Balaban J connectivity index is 2.11. The van der Waals surface area contributed by atoms with Crippen LogP contribution in [0.2, 0.25) is 0 Å². The SMILES string of the molecule is CC[C@H](C(=O)NC)N(Cc1ccc(F)cc1)C(=O)CN(c1cc(C)ccc1OC)S(=O)(=O)c1ccccc1. The smallest absolute Gasteiger partial charge is 0.264 e. The number of amides is 2. The molecule has 0 fully saturated rings. The van der Waals surface area contributed by atoms with E-state index >= 15 is 0 Å². The third-order valence-electron chi connectivity index (χ3n) is 6.11. The number of halogens is 1. The number of methoxy groups -OCH3 is 1. The van der Waals surface area contributed by atoms with E-state index in [4.69, 9.17) is 4.74 Å². The average molecular weight is 542 g/mol. The van der Waals surface area contributed by atoms with E-state index in [0.29, 0.717) is 5.56 Å². The fourth-order valence-electron chi connectivity index (χ4n) is 4.10. The maximum atomic E-state index is 13.9. The van der Waals surface area contributed by atoms with Gasteiger partial charge in [-0.1, -0.05) is 43.3 Å². The molecule has 0 aliphatic heterocycles. The van der Waals surface area contributed by atoms with Crippen LogP contribution in [0.15, 0.2) is 77.7 Å². The van der Waals surface area contributed by atoms with Crippen molar-refractivity contribution in [1.29, 1.82) is 0 Å². The van der Waals surface area contributed by atoms with Crippen molar-refractivity contribution >= 4 is 27.5 Å². The molecule has 0 aromatic heterocycles. The summed E-state index contributed by atoms with van der Waals surface area (Å²) in [5.74, 6) is -1.16. The second-order valence-corrected chi connectivity index (χ2v) is 10.5. The normalized spacial score (nSPS) is 11.9. The topological polar surface area (TPSA) is 96.0 Å². The number of carbonyl (C=O) groups is 2. The first-order valence-electron chi connectivity index (χ1n) is 12.1. The number of anilines is 1. The second kappa shape index (κ2) is 12.6. The van der Waals surface area contributed by atoms with Gasteiger partial charge in [-0.2, -0.15) is 0 Å². The van der Waals surface area contributed by atoms with Gasteiger partial charge in [0.1, 0.15) is 24.2 Å². The van der Waals surface area contributed by atoms with Gasteiger partial charge in [-0.15, -0.1) is 0 Å². The number of rotatable bonds is 11. The summed E-state index contributed by atoms with van der Waals surface area (Å²) in [6.45, 7) is 2.95. The maximum absolute atomic E-state index is 13.9. The molecule has 38 heavy (non-hydrogen) atoms. The summed E-state index contributed by atoms with van der Waals surface area (Å²) in [7, 11) is -1.33. The van der Waals surface area contributed by atoms with Gasteiger partial charge in [0, 0.05) is 13.6 Å². The van der Waals surface area contributed by atoms with Crippen LogP contribution in [-0.2, 0) is 26.2 Å². The van der Waals surface area contributed by atoms with Gasteiger partial charge in [0.05, 0.1) is 17.7 Å². The van der Waals surface area contributed by atoms with E-state index in [1.165, 1.54) is 55.5 Å². The summed E-state index contributed by atoms with van der Waals surface area (Å²) in [6.07, 6.45) is 0.284. The van der Waals surface area contributed by atoms with Crippen molar-refractivity contribution in [3.05, 3.63) is 89.7 Å². The van der Waals surface area contributed by atoms with Crippen molar-refractivity contribution in [2.45, 2.75) is 37.8 Å². The standard InChI is InChI=1S/C28H32FN3O5S/c1-5-24(28(34)30-3)31(18-21-12-14-22(29)15-13-21)27(33)19-32(25-17-20(2)11-16-26(25)37-4)38(35,36)23-9-7-6-8-10-23/h6-17,24H,5,18-19H2,1-4H3,(H,30,34)/t24-/m1/s1. The van der Waals surface area contributed by atoms with Crippen molar-refractivity contribution in [3.8, 4) is 5.75 Å². The first-order chi connectivity index (χ1) is 18.1. The monoisotopic (exact) mass is 541 g/mol. The van der Waals surface area contributed by atoms with E-state index in [1.54, 1.807) is 50.2 Å². The van der Waals surface area contributed by atoms with E-state index in [-0.39, 0.29) is 29.3 Å². The lowest BCUT2D eigenvalue weighted by Crippen LogP contribution is -2.51. The van der Waals surface area contributed by atoms with Gasteiger partial charge in [0.15, 0.2) is 0 Å². The quantitative estimate of drug-likeness (QED) is 0.397. The molecule has 0 heterocycles. The molecule has 3 aromatic rings. The van der Waals surface area contributed by atoms with Gasteiger partial charge in [0.2, 0.25) is 11.8 Å². The Kier molecular flexibility index (Phi) is 9.46. The number of likely N-dealkylation sites (N-methyl/N-ethyl adjacent to an activating group) is 1. The summed E-state index contributed by atoms with van der Waals surface area (Å²) in [5, 5.41) is 2.57. The van der Waals surface area contributed by atoms with Crippen LogP contribution >= 0.6 is 0 Å². The van der Waals surface area contributed by atoms with E-state index in [0.717, 1.165) is 9.87 Å². The zero-order chi connectivity index (χ0) is 27.9. The molecule has 0 radical (unpaired) electrons. The second-order valence-electron chi connectivity index (χ2n) is 8.69. The summed E-state index contributed by atoms with van der Waals surface area (Å²) in [6, 6.07) is 17.5. The average Bonchev–Trinajstić information content (AvgIpc) is 2.92. The van der Waals surface area contributed by atoms with Crippen LogP contribution in [0.4, 0.5) is 10.1 Å². The number of aryl methyl sites for hydroxylation is 1. The molecule has 202 valence electrons. The van der Waals surface area contributed by atoms with Crippen molar-refractivity contribution in [2.24, 2.45) is 0 Å². The van der Waals surface area contributed by atoms with E-state index in [9.17, 15) is 22.4 Å². The number of sulfonamides is 1. The zero-order valence-electron chi connectivity index (χ0n) is 21.8. The highest BCUT2D eigenvalue weighted by Gasteiger charge is 2.34. The Hall–Kier alpha value is -3.92. The van der Waals surface area contributed by atoms with Gasteiger partial charge in [-0.25, -0.2) is 12.8 Å². The highest BCUT2D eigenvalue weighted by atomic mass is 32.2. The largest absolute Gasteiger partial charge is 0.495 e. The summed E-state index contributed by atoms with van der Waals surface area (Å²) in [5.41, 5.74) is 1.55. The molecule has 1 N–H and O–H groups in total. The molecule has 1 atom stereocenters. The third-order valence-corrected chi connectivity index (χ3v) is 7.89. The fraction of sp³-hybridized carbons (Fsp3) is 0.286. The molecule has 0 saturated carbocycles. The van der Waals surface area contributed by atoms with Crippen LogP contribution in [0, 0.1) is 12.7 Å². The molecule has 3 aromatic carbocycles. The van der Waals surface area contributed by atoms with Crippen LogP contribution in [-0.4, -0.2) is 51.9 Å². The lowest BCUT2D eigenvalue weighted by atomic mass is 10.1. The minimum atomic E-state index is -4.21. The minimum absolute atomic E-state index is 0.000198. The van der Waals surface area contributed by atoms with Gasteiger partial charge < -0.3 is 15.0 Å². The predicted molar refractivity (Wildman–Crippen MR) is 144 cm³/mol. The molecule has 0 bridgehead atoms. The van der Waals surface area contributed by atoms with E-state index in [1.807, 2.05) is 0 Å². The van der Waals surface area contributed by atoms with Crippen LogP contribution < -0.4 is 14.4 Å². The summed E-state index contributed by atoms with van der Waals surface area (Å²) in [4.78, 5) is 28.0. The first-order valence-corrected chi connectivity index (χ1v) is 13.5. The Morgan fingerprint density at radius 1 is 1.03 bits per heavy atom. The zero-order valence-corrected chi connectivity index (χ0v) is 22.7. The molecular weight excluding hydrogens is 509 g/mol. The van der Waals surface area contributed by atoms with Crippen LogP contribution in [0.25, 0.3) is 0 Å². The van der Waals surface area contributed by atoms with Crippen molar-refractivity contribution < 1.29 is 27.1 Å². The molecule has 10 heteroatoms. The van der Waals surface area contributed by atoms with Crippen molar-refractivity contribution in [3.63, 3.8) is 0 Å². The Labute approximate surface area is 223 Å². The molecule has 0 aliphatic carbocycles. The molecule has 0 unspecified atom stereocenters. The maximum Gasteiger partial charge on any atom is 0.264 e. The molecule has 0 saturated heterocycles. The van der Waals surface area contributed by atoms with E-state index in [2.05, 4.69) is 5.32 Å². The number of benzene rings is 3. The lowest BCUT2D eigenvalue weighted by molar-refractivity contribution is -0.140. The summed E-state index contributed by atoms with van der Waals surface area (Å²) >= 11 is 0. The van der Waals surface area contributed by atoms with Crippen molar-refractivity contribution in [2.75, 3.05) is 25.0 Å². The first kappa shape index (κ1) is 28.6.